The third-order valence-electron chi connectivity index (χ3n) is 4.99. The number of hydrogen-bond acceptors (Lipinski definition) is 2. The van der Waals surface area contributed by atoms with Crippen LogP contribution in [-0.4, -0.2) is 11.5 Å². The molecule has 0 unspecified atom stereocenters. The predicted molar refractivity (Wildman–Crippen MR) is 131 cm³/mol. The van der Waals surface area contributed by atoms with Crippen molar-refractivity contribution < 1.29 is 4.79 Å². The van der Waals surface area contributed by atoms with Gasteiger partial charge in [-0.15, -0.1) is 0 Å². The molecular formula is C27H39NO. The summed E-state index contributed by atoms with van der Waals surface area (Å²) in [7, 11) is 0. The van der Waals surface area contributed by atoms with Crippen LogP contribution in [0.3, 0.4) is 0 Å². The lowest BCUT2D eigenvalue weighted by Crippen LogP contribution is -2.27. The van der Waals surface area contributed by atoms with Gasteiger partial charge in [0, 0.05) is 11.1 Å². The Kier molecular flexibility index (Phi) is 11.1. The van der Waals surface area contributed by atoms with Crippen molar-refractivity contribution in [3.63, 3.8) is 0 Å². The molecule has 2 heteroatoms. The number of benzene rings is 2. The number of rotatable bonds is 6. The van der Waals surface area contributed by atoms with E-state index < -0.39 is 5.41 Å². The van der Waals surface area contributed by atoms with E-state index in [-0.39, 0.29) is 13.2 Å². The van der Waals surface area contributed by atoms with E-state index in [1.807, 2.05) is 45.9 Å². The molecule has 0 aliphatic carbocycles. The summed E-state index contributed by atoms with van der Waals surface area (Å²) in [6.45, 7) is 15.9. The fourth-order valence-corrected chi connectivity index (χ4v) is 2.93. The van der Waals surface area contributed by atoms with Crippen LogP contribution >= 0.6 is 0 Å². The molecule has 2 aromatic rings. The zero-order valence-electron chi connectivity index (χ0n) is 18.8. The minimum absolute atomic E-state index is 0. The highest BCUT2D eigenvalue weighted by molar-refractivity contribution is 5.99. The first-order valence-corrected chi connectivity index (χ1v) is 10.2. The van der Waals surface area contributed by atoms with Gasteiger partial charge in [0.15, 0.2) is 0 Å². The van der Waals surface area contributed by atoms with Crippen molar-refractivity contribution >= 4 is 23.3 Å². The van der Waals surface area contributed by atoms with Gasteiger partial charge in [0.2, 0.25) is 0 Å². The maximum Gasteiger partial charge on any atom is 0.139 e. The molecule has 0 fully saturated rings. The number of Topliss-reactive ketones (excluding diaryl/α,β-unsaturated/α-hetero) is 1. The average Bonchev–Trinajstić information content (AvgIpc) is 2.69. The summed E-state index contributed by atoms with van der Waals surface area (Å²) in [5.74, 6) is 0.177. The molecule has 0 heterocycles. The first-order valence-electron chi connectivity index (χ1n) is 10.2. The van der Waals surface area contributed by atoms with E-state index in [0.29, 0.717) is 0 Å². The summed E-state index contributed by atoms with van der Waals surface area (Å²) in [6.07, 6.45) is 5.04. The molecule has 0 aliphatic rings. The highest BCUT2D eigenvalue weighted by Crippen LogP contribution is 2.32. The van der Waals surface area contributed by atoms with Gasteiger partial charge in [-0.25, -0.2) is 0 Å². The van der Waals surface area contributed by atoms with Gasteiger partial charge in [-0.05, 0) is 75.4 Å². The first kappa shape index (κ1) is 26.5. The summed E-state index contributed by atoms with van der Waals surface area (Å²) < 4.78 is 0. The SMILES string of the molecule is C.CC.CCC(/C=C/c1ccccc1)=Nc1cc(C)c(C(C)(C)C(C)=O)cc1C. The molecule has 0 amide bonds. The molecule has 0 saturated carbocycles. The van der Waals surface area contributed by atoms with Gasteiger partial charge in [0.1, 0.15) is 5.78 Å². The van der Waals surface area contributed by atoms with Crippen LogP contribution in [0.4, 0.5) is 5.69 Å². The fourth-order valence-electron chi connectivity index (χ4n) is 2.93. The van der Waals surface area contributed by atoms with Crippen molar-refractivity contribution in [1.29, 1.82) is 0 Å². The summed E-state index contributed by atoms with van der Waals surface area (Å²) >= 11 is 0. The number of ketones is 1. The maximum atomic E-state index is 12.0. The number of carbonyl (C=O) groups excluding carboxylic acids is 1. The lowest BCUT2D eigenvalue weighted by molar-refractivity contribution is -0.121. The van der Waals surface area contributed by atoms with E-state index in [1.165, 1.54) is 5.56 Å². The van der Waals surface area contributed by atoms with Crippen LogP contribution in [-0.2, 0) is 10.2 Å². The Balaban J connectivity index is 0.00000253. The van der Waals surface area contributed by atoms with Crippen LogP contribution in [0.5, 0.6) is 0 Å². The molecule has 2 aromatic carbocycles. The lowest BCUT2D eigenvalue weighted by atomic mass is 9.78. The molecule has 29 heavy (non-hydrogen) atoms. The van der Waals surface area contributed by atoms with Gasteiger partial charge in [-0.1, -0.05) is 70.7 Å². The van der Waals surface area contributed by atoms with Gasteiger partial charge >= 0.3 is 0 Å². The Bertz CT molecular complexity index is 842. The Labute approximate surface area is 178 Å². The minimum atomic E-state index is -0.474. The highest BCUT2D eigenvalue weighted by atomic mass is 16.1. The summed E-state index contributed by atoms with van der Waals surface area (Å²) in [5.41, 5.74) is 5.99. The third-order valence-corrected chi connectivity index (χ3v) is 4.99. The second kappa shape index (κ2) is 12.2. The average molecular weight is 394 g/mol. The van der Waals surface area contributed by atoms with Crippen LogP contribution in [0, 0.1) is 13.8 Å². The molecule has 2 nitrogen and oxygen atoms in total. The monoisotopic (exact) mass is 393 g/mol. The largest absolute Gasteiger partial charge is 0.299 e. The number of aliphatic imine (C=N–C) groups is 1. The van der Waals surface area contributed by atoms with Gasteiger partial charge in [-0.3, -0.25) is 9.79 Å². The van der Waals surface area contributed by atoms with Crippen molar-refractivity contribution in [3.8, 4) is 0 Å². The molecule has 0 atom stereocenters. The van der Waals surface area contributed by atoms with Crippen molar-refractivity contribution in [3.05, 3.63) is 70.8 Å². The molecule has 2 rings (SSSR count). The van der Waals surface area contributed by atoms with Gasteiger partial charge in [0.05, 0.1) is 5.69 Å². The summed E-state index contributed by atoms with van der Waals surface area (Å²) in [6, 6.07) is 14.5. The van der Waals surface area contributed by atoms with E-state index in [9.17, 15) is 4.79 Å². The third kappa shape index (κ3) is 7.12. The van der Waals surface area contributed by atoms with Crippen LogP contribution in [0.2, 0.25) is 0 Å². The van der Waals surface area contributed by atoms with Gasteiger partial charge in [-0.2, -0.15) is 0 Å². The second-order valence-corrected chi connectivity index (χ2v) is 7.34. The smallest absolute Gasteiger partial charge is 0.139 e. The van der Waals surface area contributed by atoms with Crippen molar-refractivity contribution in [1.82, 2.24) is 0 Å². The number of aryl methyl sites for hydroxylation is 2. The zero-order valence-corrected chi connectivity index (χ0v) is 18.8. The molecule has 158 valence electrons. The topological polar surface area (TPSA) is 29.4 Å². The standard InChI is InChI=1S/C24H29NO.C2H6.CH4/c1-7-21(14-13-20-11-9-8-10-12-20)25-23-16-17(2)22(15-18(23)3)24(5,6)19(4)26;1-2;/h8-16H,7H2,1-6H3;1-2H3;1H4/b14-13+,25-21?;;. The first-order chi connectivity index (χ1) is 13.3. The lowest BCUT2D eigenvalue weighted by Gasteiger charge is -2.25. The van der Waals surface area contributed by atoms with Gasteiger partial charge < -0.3 is 0 Å². The summed E-state index contributed by atoms with van der Waals surface area (Å²) in [5, 5.41) is 0. The van der Waals surface area contributed by atoms with Crippen molar-refractivity contribution in [2.45, 2.75) is 74.7 Å². The van der Waals surface area contributed by atoms with Crippen molar-refractivity contribution in [2.75, 3.05) is 0 Å². The Morgan fingerprint density at radius 3 is 2.14 bits per heavy atom. The molecule has 0 spiro atoms. The van der Waals surface area contributed by atoms with Crippen molar-refractivity contribution in [2.24, 2.45) is 4.99 Å². The highest BCUT2D eigenvalue weighted by Gasteiger charge is 2.28. The molecule has 0 saturated heterocycles. The van der Waals surface area contributed by atoms with E-state index in [2.05, 4.69) is 57.2 Å². The Morgan fingerprint density at radius 2 is 1.62 bits per heavy atom. The summed E-state index contributed by atoms with van der Waals surface area (Å²) in [4.78, 5) is 16.9. The van der Waals surface area contributed by atoms with E-state index in [0.717, 1.165) is 34.5 Å². The molecule has 0 N–H and O–H groups in total. The second-order valence-electron chi connectivity index (χ2n) is 7.34. The molecular weight excluding hydrogens is 354 g/mol. The van der Waals surface area contributed by atoms with Crippen LogP contribution in [0.25, 0.3) is 6.08 Å². The molecule has 0 aromatic heterocycles. The number of hydrogen-bond donors (Lipinski definition) is 0. The zero-order chi connectivity index (χ0) is 21.3. The molecule has 0 aliphatic heterocycles. The molecule has 0 bridgehead atoms. The quantitative estimate of drug-likeness (QED) is 0.457. The van der Waals surface area contributed by atoms with Crippen LogP contribution in [0.15, 0.2) is 53.5 Å². The van der Waals surface area contributed by atoms with E-state index in [1.54, 1.807) is 6.92 Å². The maximum absolute atomic E-state index is 12.0. The number of nitrogens with zero attached hydrogens (tertiary/aromatic N) is 1. The van der Waals surface area contributed by atoms with E-state index in [4.69, 9.17) is 4.99 Å². The minimum Gasteiger partial charge on any atom is -0.299 e. The number of allylic oxidation sites excluding steroid dienone is 1. The predicted octanol–water partition coefficient (Wildman–Crippen LogP) is 8.03. The van der Waals surface area contributed by atoms with Crippen LogP contribution in [0.1, 0.15) is 77.6 Å². The Morgan fingerprint density at radius 1 is 1.03 bits per heavy atom. The van der Waals surface area contributed by atoms with Crippen LogP contribution < -0.4 is 0 Å². The Hall–Kier alpha value is -2.48. The van der Waals surface area contributed by atoms with Gasteiger partial charge in [0.25, 0.3) is 0 Å². The molecule has 0 radical (unpaired) electrons. The number of carbonyl (C=O) groups is 1. The fraction of sp³-hybridized carbons (Fsp3) is 0.407. The normalized spacial score (nSPS) is 11.5. The van der Waals surface area contributed by atoms with E-state index >= 15 is 0 Å².